The molecule has 0 aromatic carbocycles. The predicted octanol–water partition coefficient (Wildman–Crippen LogP) is 5.40. The van der Waals surface area contributed by atoms with Crippen molar-refractivity contribution >= 4 is 37.9 Å². The van der Waals surface area contributed by atoms with Gasteiger partial charge in [0, 0.05) is 5.33 Å². The third kappa shape index (κ3) is 3.01. The highest BCUT2D eigenvalue weighted by Crippen LogP contribution is 2.32. The number of alkyl halides is 1. The third-order valence-electron chi connectivity index (χ3n) is 3.25. The van der Waals surface area contributed by atoms with E-state index in [0.717, 1.165) is 21.5 Å². The molecule has 16 heavy (non-hydrogen) atoms. The molecule has 0 N–H and O–H groups in total. The molecule has 0 saturated heterocycles. The summed E-state index contributed by atoms with van der Waals surface area (Å²) < 4.78 is 6.49. The summed E-state index contributed by atoms with van der Waals surface area (Å²) in [5, 5.41) is 0.949. The molecule has 88 valence electrons. The Kier molecular flexibility index (Phi) is 4.71. The zero-order valence-electron chi connectivity index (χ0n) is 9.22. The summed E-state index contributed by atoms with van der Waals surface area (Å²) in [6.07, 6.45) is 10.7. The van der Waals surface area contributed by atoms with Crippen LogP contribution in [0.25, 0.3) is 6.08 Å². The fraction of sp³-hybridized carbons (Fsp3) is 0.538. The lowest BCUT2D eigenvalue weighted by Crippen LogP contribution is -2.09. The van der Waals surface area contributed by atoms with E-state index in [4.69, 9.17) is 4.42 Å². The molecule has 3 heteroatoms. The van der Waals surface area contributed by atoms with Gasteiger partial charge < -0.3 is 4.42 Å². The van der Waals surface area contributed by atoms with E-state index < -0.39 is 0 Å². The van der Waals surface area contributed by atoms with Crippen molar-refractivity contribution in [3.63, 3.8) is 0 Å². The third-order valence-corrected chi connectivity index (χ3v) is 4.55. The Morgan fingerprint density at radius 1 is 1.38 bits per heavy atom. The quantitative estimate of drug-likeness (QED) is 0.667. The van der Waals surface area contributed by atoms with Gasteiger partial charge in [0.25, 0.3) is 0 Å². The van der Waals surface area contributed by atoms with Crippen LogP contribution in [0.5, 0.6) is 0 Å². The first-order chi connectivity index (χ1) is 7.81. The number of halogens is 2. The second-order valence-corrected chi connectivity index (χ2v) is 5.74. The Hall–Kier alpha value is -0.0200. The van der Waals surface area contributed by atoms with Gasteiger partial charge in [0.05, 0.1) is 10.7 Å². The minimum atomic E-state index is 0.741. The Bertz CT molecular complexity index is 362. The van der Waals surface area contributed by atoms with Crippen LogP contribution in [0, 0.1) is 5.92 Å². The summed E-state index contributed by atoms with van der Waals surface area (Å²) in [6, 6.07) is 1.94. The molecule has 1 aromatic rings. The number of hydrogen-bond donors (Lipinski definition) is 0. The monoisotopic (exact) mass is 346 g/mol. The second-order valence-electron chi connectivity index (χ2n) is 4.32. The van der Waals surface area contributed by atoms with E-state index >= 15 is 0 Å². The van der Waals surface area contributed by atoms with E-state index in [-0.39, 0.29) is 0 Å². The van der Waals surface area contributed by atoms with Crippen molar-refractivity contribution in [3.8, 4) is 0 Å². The van der Waals surface area contributed by atoms with E-state index in [1.165, 1.54) is 37.7 Å². The molecule has 0 aliphatic heterocycles. The van der Waals surface area contributed by atoms with Gasteiger partial charge in [0.2, 0.25) is 0 Å². The van der Waals surface area contributed by atoms with Crippen LogP contribution in [-0.2, 0) is 0 Å². The van der Waals surface area contributed by atoms with Crippen LogP contribution < -0.4 is 0 Å². The Morgan fingerprint density at radius 2 is 2.12 bits per heavy atom. The molecule has 1 aliphatic rings. The van der Waals surface area contributed by atoms with Crippen molar-refractivity contribution in [3.05, 3.63) is 28.1 Å². The summed E-state index contributed by atoms with van der Waals surface area (Å²) in [4.78, 5) is 0. The van der Waals surface area contributed by atoms with Gasteiger partial charge in [0.1, 0.15) is 5.76 Å². The van der Waals surface area contributed by atoms with E-state index in [2.05, 4.69) is 37.9 Å². The van der Waals surface area contributed by atoms with E-state index in [0.29, 0.717) is 0 Å². The standard InChI is InChI=1S/C13H16Br2O/c14-9-11(10-4-2-1-3-5-10)8-13-12(15)6-7-16-13/h6-8,10H,1-5,9H2/b11-8-. The Labute approximate surface area is 114 Å². The van der Waals surface area contributed by atoms with Gasteiger partial charge >= 0.3 is 0 Å². The van der Waals surface area contributed by atoms with Crippen molar-refractivity contribution in [2.75, 3.05) is 5.33 Å². The van der Waals surface area contributed by atoms with Crippen molar-refractivity contribution in [2.24, 2.45) is 5.92 Å². The molecule has 1 heterocycles. The summed E-state index contributed by atoms with van der Waals surface area (Å²) in [6.45, 7) is 0. The van der Waals surface area contributed by atoms with Crippen molar-refractivity contribution in [1.82, 2.24) is 0 Å². The fourth-order valence-electron chi connectivity index (χ4n) is 2.32. The molecule has 0 atom stereocenters. The Balaban J connectivity index is 2.14. The minimum absolute atomic E-state index is 0.741. The molecule has 1 saturated carbocycles. The van der Waals surface area contributed by atoms with E-state index in [1.54, 1.807) is 6.26 Å². The molecule has 1 fully saturated rings. The van der Waals surface area contributed by atoms with Crippen LogP contribution in [0.15, 0.2) is 26.8 Å². The molecular formula is C13H16Br2O. The maximum Gasteiger partial charge on any atom is 0.140 e. The smallest absolute Gasteiger partial charge is 0.140 e. The average Bonchev–Trinajstić information content (AvgIpc) is 2.73. The molecule has 0 radical (unpaired) electrons. The SMILES string of the molecule is BrC/C(=C/c1occc1Br)C1CCCCC1. The van der Waals surface area contributed by atoms with Gasteiger partial charge in [-0.3, -0.25) is 0 Å². The molecule has 1 nitrogen and oxygen atoms in total. The van der Waals surface area contributed by atoms with Gasteiger partial charge in [-0.05, 0) is 46.8 Å². The van der Waals surface area contributed by atoms with Crippen LogP contribution in [0.1, 0.15) is 37.9 Å². The first kappa shape index (κ1) is 12.4. The molecule has 0 spiro atoms. The molecule has 0 unspecified atom stereocenters. The van der Waals surface area contributed by atoms with Gasteiger partial charge in [-0.25, -0.2) is 0 Å². The highest BCUT2D eigenvalue weighted by atomic mass is 79.9. The molecule has 0 amide bonds. The average molecular weight is 348 g/mol. The lowest BCUT2D eigenvalue weighted by atomic mass is 9.84. The number of furan rings is 1. The second kappa shape index (κ2) is 6.06. The number of rotatable bonds is 3. The van der Waals surface area contributed by atoms with E-state index in [1.807, 2.05) is 6.07 Å². The fourth-order valence-corrected chi connectivity index (χ4v) is 3.25. The topological polar surface area (TPSA) is 13.1 Å². The maximum atomic E-state index is 5.44. The summed E-state index contributed by atoms with van der Waals surface area (Å²) >= 11 is 7.09. The largest absolute Gasteiger partial charge is 0.464 e. The molecule has 2 rings (SSSR count). The van der Waals surface area contributed by atoms with Crippen LogP contribution in [0.3, 0.4) is 0 Å². The van der Waals surface area contributed by atoms with Crippen LogP contribution in [-0.4, -0.2) is 5.33 Å². The number of allylic oxidation sites excluding steroid dienone is 1. The minimum Gasteiger partial charge on any atom is -0.464 e. The highest BCUT2D eigenvalue weighted by Gasteiger charge is 2.17. The first-order valence-corrected chi connectivity index (χ1v) is 7.72. The van der Waals surface area contributed by atoms with Gasteiger partial charge in [0.15, 0.2) is 0 Å². The summed E-state index contributed by atoms with van der Waals surface area (Å²) in [5.41, 5.74) is 1.47. The Morgan fingerprint density at radius 3 is 2.69 bits per heavy atom. The molecule has 1 aromatic heterocycles. The van der Waals surface area contributed by atoms with Crippen LogP contribution in [0.4, 0.5) is 0 Å². The van der Waals surface area contributed by atoms with Crippen LogP contribution >= 0.6 is 31.9 Å². The predicted molar refractivity (Wildman–Crippen MR) is 74.8 cm³/mol. The summed E-state index contributed by atoms with van der Waals surface area (Å²) in [7, 11) is 0. The van der Waals surface area contributed by atoms with Gasteiger partial charge in [-0.15, -0.1) is 0 Å². The molecule has 1 aliphatic carbocycles. The maximum absolute atomic E-state index is 5.44. The normalized spacial score (nSPS) is 19.0. The zero-order valence-corrected chi connectivity index (χ0v) is 12.4. The molecule has 0 bridgehead atoms. The summed E-state index contributed by atoms with van der Waals surface area (Å²) in [5.74, 6) is 1.69. The van der Waals surface area contributed by atoms with Gasteiger partial charge in [-0.2, -0.15) is 0 Å². The van der Waals surface area contributed by atoms with Crippen molar-refractivity contribution in [1.29, 1.82) is 0 Å². The lowest BCUT2D eigenvalue weighted by molar-refractivity contribution is 0.405. The van der Waals surface area contributed by atoms with E-state index in [9.17, 15) is 0 Å². The zero-order chi connectivity index (χ0) is 11.4. The van der Waals surface area contributed by atoms with Crippen molar-refractivity contribution < 1.29 is 4.42 Å². The van der Waals surface area contributed by atoms with Crippen LogP contribution in [0.2, 0.25) is 0 Å². The van der Waals surface area contributed by atoms with Crippen molar-refractivity contribution in [2.45, 2.75) is 32.1 Å². The first-order valence-electron chi connectivity index (χ1n) is 5.80. The molecular weight excluding hydrogens is 332 g/mol. The highest BCUT2D eigenvalue weighted by molar-refractivity contribution is 9.10. The number of hydrogen-bond acceptors (Lipinski definition) is 1. The van der Waals surface area contributed by atoms with Gasteiger partial charge in [-0.1, -0.05) is 40.8 Å². The lowest BCUT2D eigenvalue weighted by Gasteiger charge is -2.23.